The molecule has 8 radical (unpaired) electrons. The fraction of sp³-hybridized carbons (Fsp3) is 1.00. The van der Waals surface area contributed by atoms with E-state index in [1.165, 1.54) is 0 Å². The first-order valence-corrected chi connectivity index (χ1v) is 28.4. The van der Waals surface area contributed by atoms with Gasteiger partial charge in [-0.05, 0) is 0 Å². The summed E-state index contributed by atoms with van der Waals surface area (Å²) < 4.78 is 0. The molecular formula is C6H18Ge2Se4Si2. The molecule has 0 rings (SSSR count). The van der Waals surface area contributed by atoms with E-state index in [9.17, 15) is 0 Å². The standard InChI is InChI=1S/2C2H6Ge.C2H6Se4Si2/c2*1-3-2;1-7(3,4)8(2,5)6/h2*1-2H3;1-2H3. The predicted molar refractivity (Wildman–Crippen MR) is 81.2 cm³/mol. The maximum absolute atomic E-state index is 3.24. The molecule has 0 aliphatic carbocycles. The summed E-state index contributed by atoms with van der Waals surface area (Å²) in [4.78, 5) is -2.16. The van der Waals surface area contributed by atoms with Gasteiger partial charge in [-0.2, -0.15) is 0 Å². The topological polar surface area (TPSA) is 0 Å². The summed E-state index contributed by atoms with van der Waals surface area (Å²) in [5.41, 5.74) is 0. The second-order valence-corrected chi connectivity index (χ2v) is 55.0. The molecule has 82 valence electrons. The van der Waals surface area contributed by atoms with Gasteiger partial charge in [-0.25, -0.2) is 0 Å². The van der Waals surface area contributed by atoms with Crippen molar-refractivity contribution in [3.8, 4) is 0 Å². The molecule has 0 bridgehead atoms. The monoisotopic (exact) mass is 614 g/mol. The Morgan fingerprint density at radius 2 is 0.714 bits per heavy atom. The van der Waals surface area contributed by atoms with Crippen molar-refractivity contribution in [1.29, 1.82) is 0 Å². The molecule has 0 amide bonds. The molecule has 0 aliphatic heterocycles. The van der Waals surface area contributed by atoms with E-state index >= 15 is 0 Å². The van der Waals surface area contributed by atoms with Crippen molar-refractivity contribution < 1.29 is 0 Å². The van der Waals surface area contributed by atoms with E-state index in [0.29, 0.717) is 30.9 Å². The van der Waals surface area contributed by atoms with Crippen LogP contribution in [0.15, 0.2) is 0 Å². The zero-order chi connectivity index (χ0) is 12.4. The third-order valence-electron chi connectivity index (χ3n) is 0.825. The summed E-state index contributed by atoms with van der Waals surface area (Å²) in [6.45, 7) is 4.60. The zero-order valence-electron chi connectivity index (χ0n) is 9.63. The summed E-state index contributed by atoms with van der Waals surface area (Å²) in [6.07, 6.45) is 0. The van der Waals surface area contributed by atoms with Crippen LogP contribution >= 0.6 is 0 Å². The van der Waals surface area contributed by atoms with Crippen LogP contribution in [-0.2, 0) is 0 Å². The molecule has 0 aromatic carbocycles. The van der Waals surface area contributed by atoms with Crippen molar-refractivity contribution in [1.82, 2.24) is 0 Å². The number of rotatable bonds is 1. The van der Waals surface area contributed by atoms with Gasteiger partial charge in [-0.1, -0.05) is 0 Å². The number of hydrogen-bond donors (Lipinski definition) is 0. The normalized spacial score (nSPS) is 10.7. The summed E-state index contributed by atoms with van der Waals surface area (Å²) in [5, 5.41) is 0. The molecular weight excluding hydrogens is 589 g/mol. The molecule has 0 N–H and O–H groups in total. The van der Waals surface area contributed by atoms with E-state index in [4.69, 9.17) is 0 Å². The summed E-state index contributed by atoms with van der Waals surface area (Å²) in [5.74, 6) is 9.00. The molecule has 0 heterocycles. The van der Waals surface area contributed by atoms with Gasteiger partial charge in [0.25, 0.3) is 0 Å². The van der Waals surface area contributed by atoms with Gasteiger partial charge in [0, 0.05) is 0 Å². The second kappa shape index (κ2) is 13.0. The fourth-order valence-electron chi connectivity index (χ4n) is 0. The minimum absolute atomic E-state index is 0.500. The third-order valence-corrected chi connectivity index (χ3v) is 61.8. The van der Waals surface area contributed by atoms with Crippen LogP contribution < -0.4 is 0 Å². The predicted octanol–water partition coefficient (Wildman–Crippen LogP) is 0.456. The Balaban J connectivity index is -0.000000168. The van der Waals surface area contributed by atoms with E-state index in [2.05, 4.69) is 97.6 Å². The Labute approximate surface area is 136 Å². The van der Waals surface area contributed by atoms with Gasteiger partial charge in [0.2, 0.25) is 0 Å². The minimum atomic E-state index is -1.08. The molecule has 0 atom stereocenters. The molecule has 8 heteroatoms. The Kier molecular flexibility index (Phi) is 21.2. The van der Waals surface area contributed by atoms with Crippen LogP contribution in [0, 0.1) is 0 Å². The zero-order valence-corrected chi connectivity index (χ0v) is 22.7. The van der Waals surface area contributed by atoms with Gasteiger partial charge >= 0.3 is 138 Å². The van der Waals surface area contributed by atoms with E-state index in [-0.39, 0.29) is 0 Å². The third kappa shape index (κ3) is 20.9. The van der Waals surface area contributed by atoms with E-state index in [0.717, 1.165) is 0 Å². The van der Waals surface area contributed by atoms with Gasteiger partial charge in [0.05, 0.1) is 0 Å². The molecule has 0 spiro atoms. The summed E-state index contributed by atoms with van der Waals surface area (Å²) in [7, 11) is 0. The summed E-state index contributed by atoms with van der Waals surface area (Å²) >= 11 is 14.0. The molecule has 0 saturated heterocycles. The molecule has 0 unspecified atom stereocenters. The molecule has 0 fully saturated rings. The molecule has 0 nitrogen and oxygen atoms in total. The maximum atomic E-state index is 3.24. The average molecular weight is 607 g/mol. The first-order chi connectivity index (χ1) is 6.08. The first kappa shape index (κ1) is 22.7. The quantitative estimate of drug-likeness (QED) is 0.381. The van der Waals surface area contributed by atoms with Crippen LogP contribution in [0.1, 0.15) is 0 Å². The van der Waals surface area contributed by atoms with Gasteiger partial charge in [-0.3, -0.25) is 0 Å². The molecule has 14 heavy (non-hydrogen) atoms. The van der Waals surface area contributed by atoms with Crippen LogP contribution in [0.25, 0.3) is 0 Å². The number of hydrogen-bond acceptors (Lipinski definition) is 0. The van der Waals surface area contributed by atoms with Crippen molar-refractivity contribution in [3.63, 3.8) is 0 Å². The van der Waals surface area contributed by atoms with Crippen LogP contribution in [0.3, 0.4) is 0 Å². The van der Waals surface area contributed by atoms with Gasteiger partial charge < -0.3 is 0 Å². The van der Waals surface area contributed by atoms with Crippen molar-refractivity contribution >= 4 is 102 Å². The molecule has 0 saturated carbocycles. The van der Waals surface area contributed by atoms with Crippen LogP contribution in [0.2, 0.25) is 36.1 Å². The molecule has 0 aromatic rings. The Morgan fingerprint density at radius 3 is 0.714 bits per heavy atom. The second-order valence-electron chi connectivity index (χ2n) is 2.89. The van der Waals surface area contributed by atoms with Crippen LogP contribution in [0.5, 0.6) is 0 Å². The Hall–Kier alpha value is 3.60. The van der Waals surface area contributed by atoms with Gasteiger partial charge in [0.15, 0.2) is 0 Å². The van der Waals surface area contributed by atoms with Crippen molar-refractivity contribution in [2.24, 2.45) is 0 Å². The Bertz CT molecular complexity index is 99.4. The van der Waals surface area contributed by atoms with Crippen molar-refractivity contribution in [3.05, 3.63) is 0 Å². The Morgan fingerprint density at radius 1 is 0.643 bits per heavy atom. The average Bonchev–Trinajstić information content (AvgIpc) is 1.85. The first-order valence-electron chi connectivity index (χ1n) is 4.07. The van der Waals surface area contributed by atoms with Gasteiger partial charge in [0.1, 0.15) is 0 Å². The molecule has 0 aromatic heterocycles. The van der Waals surface area contributed by atoms with E-state index < -0.39 is 9.61 Å². The van der Waals surface area contributed by atoms with Crippen molar-refractivity contribution in [2.75, 3.05) is 0 Å². The van der Waals surface area contributed by atoms with E-state index in [1.54, 1.807) is 0 Å². The van der Waals surface area contributed by atoms with Gasteiger partial charge in [-0.15, -0.1) is 0 Å². The molecule has 0 aliphatic rings. The van der Waals surface area contributed by atoms with E-state index in [1.807, 2.05) is 0 Å². The fourth-order valence-corrected chi connectivity index (χ4v) is 0. The van der Waals surface area contributed by atoms with Crippen LogP contribution in [-0.4, -0.2) is 102 Å². The summed E-state index contributed by atoms with van der Waals surface area (Å²) in [6, 6.07) is 0. The van der Waals surface area contributed by atoms with Crippen molar-refractivity contribution in [2.45, 2.75) is 36.1 Å². The SMILES string of the molecule is C[Si]([Se])([Se])[Si](C)([Se])[Se].[CH3][Ge][CH3].[CH3][Ge][CH3]. The van der Waals surface area contributed by atoms with Crippen LogP contribution in [0.4, 0.5) is 0 Å².